The van der Waals surface area contributed by atoms with Crippen molar-refractivity contribution < 1.29 is 17.6 Å². The number of rotatable bonds is 6. The molecule has 1 nitrogen and oxygen atoms in total. The number of likely N-dealkylation sites (tertiary alicyclic amines) is 1. The molecule has 0 amide bonds. The number of aryl methyl sites for hydroxylation is 2. The number of benzene rings is 3. The number of nitrogens with zero attached hydrogens (tertiary/aromatic N) is 1. The van der Waals surface area contributed by atoms with E-state index in [0.29, 0.717) is 18.4 Å². The third-order valence-electron chi connectivity index (χ3n) is 7.30. The number of hydrogen-bond donors (Lipinski definition) is 0. The minimum atomic E-state index is -4.43. The van der Waals surface area contributed by atoms with Gasteiger partial charge >= 0.3 is 6.18 Å². The van der Waals surface area contributed by atoms with Crippen LogP contribution in [0.15, 0.2) is 72.3 Å². The van der Waals surface area contributed by atoms with E-state index < -0.39 is 11.7 Å². The Morgan fingerprint density at radius 1 is 0.892 bits per heavy atom. The van der Waals surface area contributed by atoms with Gasteiger partial charge in [0, 0.05) is 19.6 Å². The summed E-state index contributed by atoms with van der Waals surface area (Å²) in [7, 11) is 0. The number of alkyl halides is 4. The maximum atomic E-state index is 14.2. The molecule has 0 aromatic heterocycles. The molecule has 192 valence electrons. The maximum Gasteiger partial charge on any atom is 0.417 e. The highest BCUT2D eigenvalue weighted by Gasteiger charge is 2.35. The molecule has 0 spiro atoms. The van der Waals surface area contributed by atoms with Crippen LogP contribution in [0.1, 0.15) is 58.2 Å². The van der Waals surface area contributed by atoms with E-state index in [2.05, 4.69) is 17.0 Å². The smallest absolute Gasteiger partial charge is 0.295 e. The Balaban J connectivity index is 1.57. The Labute approximate surface area is 216 Å². The van der Waals surface area contributed by atoms with Gasteiger partial charge in [-0.3, -0.25) is 9.29 Å². The molecule has 3 aromatic carbocycles. The van der Waals surface area contributed by atoms with E-state index in [4.69, 9.17) is 0 Å². The molecular weight excluding hydrogens is 474 g/mol. The van der Waals surface area contributed by atoms with Gasteiger partial charge < -0.3 is 0 Å². The molecule has 0 radical (unpaired) electrons. The van der Waals surface area contributed by atoms with E-state index >= 15 is 0 Å². The van der Waals surface area contributed by atoms with Crippen LogP contribution in [0.25, 0.3) is 17.2 Å². The van der Waals surface area contributed by atoms with Crippen LogP contribution in [-0.4, -0.2) is 31.2 Å². The Bertz CT molecular complexity index is 1320. The molecule has 5 rings (SSSR count). The quantitative estimate of drug-likeness (QED) is 0.304. The van der Waals surface area contributed by atoms with Gasteiger partial charge in [-0.2, -0.15) is 13.2 Å². The van der Waals surface area contributed by atoms with Crippen LogP contribution in [0.3, 0.4) is 0 Å². The molecular formula is C32H31F4N. The highest BCUT2D eigenvalue weighted by atomic mass is 19.4. The number of fused-ring (bicyclic) bond motifs is 1. The molecule has 1 fully saturated rings. The number of allylic oxidation sites excluding steroid dienone is 1. The standard InChI is InChI=1S/C32H31F4N/c1-22-10-15-28(30(18-22)32(34,35)36)29-9-4-7-25-6-2-3-8-27(25)31(29)26-13-11-23(12-14-26)19-24-20-37(21-24)17-5-16-33/h2-3,6,8,10-15,18-19H,4-5,7,9,16-17,20-21H2,1H3. The van der Waals surface area contributed by atoms with Crippen LogP contribution in [-0.2, 0) is 12.6 Å². The zero-order valence-corrected chi connectivity index (χ0v) is 21.0. The average molecular weight is 506 g/mol. The molecule has 1 saturated heterocycles. The van der Waals surface area contributed by atoms with Crippen LogP contribution < -0.4 is 0 Å². The maximum absolute atomic E-state index is 14.2. The second-order valence-electron chi connectivity index (χ2n) is 10.1. The predicted molar refractivity (Wildman–Crippen MR) is 143 cm³/mol. The second-order valence-corrected chi connectivity index (χ2v) is 10.1. The summed E-state index contributed by atoms with van der Waals surface area (Å²) in [5.74, 6) is 0. The summed E-state index contributed by atoms with van der Waals surface area (Å²) in [6, 6.07) is 20.9. The molecule has 0 bridgehead atoms. The van der Waals surface area contributed by atoms with Crippen LogP contribution in [0, 0.1) is 6.92 Å². The summed E-state index contributed by atoms with van der Waals surface area (Å²) in [6.45, 7) is 3.91. The minimum absolute atomic E-state index is 0.277. The van der Waals surface area contributed by atoms with Crippen molar-refractivity contribution in [2.75, 3.05) is 26.3 Å². The van der Waals surface area contributed by atoms with Crippen LogP contribution in [0.4, 0.5) is 17.6 Å². The van der Waals surface area contributed by atoms with E-state index in [-0.39, 0.29) is 12.2 Å². The Morgan fingerprint density at radius 3 is 2.38 bits per heavy atom. The van der Waals surface area contributed by atoms with Gasteiger partial charge in [0.15, 0.2) is 0 Å². The summed E-state index contributed by atoms with van der Waals surface area (Å²) >= 11 is 0. The normalized spacial score (nSPS) is 16.3. The first kappa shape index (κ1) is 25.5. The van der Waals surface area contributed by atoms with E-state index in [0.717, 1.165) is 60.3 Å². The van der Waals surface area contributed by atoms with Crippen molar-refractivity contribution in [3.63, 3.8) is 0 Å². The summed E-state index contributed by atoms with van der Waals surface area (Å²) in [6.07, 6.45) is 0.508. The van der Waals surface area contributed by atoms with Crippen molar-refractivity contribution in [3.05, 3.63) is 111 Å². The Morgan fingerprint density at radius 2 is 1.65 bits per heavy atom. The van der Waals surface area contributed by atoms with E-state index in [9.17, 15) is 17.6 Å². The molecule has 2 aliphatic rings. The molecule has 37 heavy (non-hydrogen) atoms. The van der Waals surface area contributed by atoms with Gasteiger partial charge in [-0.25, -0.2) is 0 Å². The lowest BCUT2D eigenvalue weighted by Gasteiger charge is -2.33. The Hall–Kier alpha value is -3.18. The predicted octanol–water partition coefficient (Wildman–Crippen LogP) is 8.37. The van der Waals surface area contributed by atoms with Gasteiger partial charge in [0.2, 0.25) is 0 Å². The molecule has 5 heteroatoms. The molecule has 0 unspecified atom stereocenters. The summed E-state index contributed by atoms with van der Waals surface area (Å²) in [5, 5.41) is 0. The van der Waals surface area contributed by atoms with E-state index in [1.165, 1.54) is 17.2 Å². The van der Waals surface area contributed by atoms with Crippen molar-refractivity contribution >= 4 is 17.2 Å². The van der Waals surface area contributed by atoms with Gasteiger partial charge in [-0.05, 0) is 83.2 Å². The van der Waals surface area contributed by atoms with Gasteiger partial charge in [0.25, 0.3) is 0 Å². The van der Waals surface area contributed by atoms with Gasteiger partial charge in [-0.1, -0.05) is 72.3 Å². The van der Waals surface area contributed by atoms with Crippen molar-refractivity contribution in [2.24, 2.45) is 0 Å². The van der Waals surface area contributed by atoms with E-state index in [1.807, 2.05) is 42.5 Å². The summed E-state index contributed by atoms with van der Waals surface area (Å²) in [4.78, 5) is 2.22. The minimum Gasteiger partial charge on any atom is -0.295 e. The molecule has 0 atom stereocenters. The summed E-state index contributed by atoms with van der Waals surface area (Å²) < 4.78 is 54.9. The molecule has 1 heterocycles. The zero-order valence-electron chi connectivity index (χ0n) is 21.0. The van der Waals surface area contributed by atoms with Crippen molar-refractivity contribution in [2.45, 2.75) is 38.8 Å². The first-order valence-electron chi connectivity index (χ1n) is 12.9. The second kappa shape index (κ2) is 10.7. The lowest BCUT2D eigenvalue weighted by molar-refractivity contribution is -0.137. The fourth-order valence-electron chi connectivity index (χ4n) is 5.52. The number of halogens is 4. The van der Waals surface area contributed by atoms with Crippen LogP contribution in [0.5, 0.6) is 0 Å². The van der Waals surface area contributed by atoms with Crippen molar-refractivity contribution in [1.29, 1.82) is 0 Å². The van der Waals surface area contributed by atoms with Crippen molar-refractivity contribution in [1.82, 2.24) is 4.90 Å². The fourth-order valence-corrected chi connectivity index (χ4v) is 5.52. The average Bonchev–Trinajstić information content (AvgIpc) is 3.05. The van der Waals surface area contributed by atoms with E-state index in [1.54, 1.807) is 19.1 Å². The highest BCUT2D eigenvalue weighted by Crippen LogP contribution is 2.44. The zero-order chi connectivity index (χ0) is 26.0. The number of hydrogen-bond acceptors (Lipinski definition) is 1. The third kappa shape index (κ3) is 5.57. The third-order valence-corrected chi connectivity index (χ3v) is 7.30. The largest absolute Gasteiger partial charge is 0.417 e. The van der Waals surface area contributed by atoms with Gasteiger partial charge in [0.05, 0.1) is 12.2 Å². The van der Waals surface area contributed by atoms with Gasteiger partial charge in [0.1, 0.15) is 0 Å². The van der Waals surface area contributed by atoms with Crippen LogP contribution >= 0.6 is 0 Å². The summed E-state index contributed by atoms with van der Waals surface area (Å²) in [5.41, 5.74) is 7.44. The molecule has 1 aliphatic carbocycles. The first-order valence-corrected chi connectivity index (χ1v) is 12.9. The highest BCUT2D eigenvalue weighted by molar-refractivity contribution is 6.00. The topological polar surface area (TPSA) is 3.24 Å². The lowest BCUT2D eigenvalue weighted by atomic mass is 9.85. The molecule has 1 aliphatic heterocycles. The monoisotopic (exact) mass is 505 g/mol. The Kier molecular flexibility index (Phi) is 7.34. The van der Waals surface area contributed by atoms with Crippen LogP contribution in [0.2, 0.25) is 0 Å². The van der Waals surface area contributed by atoms with Crippen molar-refractivity contribution in [3.8, 4) is 0 Å². The lowest BCUT2D eigenvalue weighted by Crippen LogP contribution is -2.40. The first-order chi connectivity index (χ1) is 17.8. The fraction of sp³-hybridized carbons (Fsp3) is 0.312. The van der Waals surface area contributed by atoms with Gasteiger partial charge in [-0.15, -0.1) is 0 Å². The molecule has 0 saturated carbocycles. The molecule has 3 aromatic rings. The SMILES string of the molecule is Cc1ccc(C2=C(c3ccc(C=C4CN(CCCF)C4)cc3)c3ccccc3CCC2)c(C(F)(F)F)c1. The molecule has 0 N–H and O–H groups in total.